The number of rotatable bonds is 10. The number of nitriles is 1. The fraction of sp³-hybridized carbons (Fsp3) is 0.385. The number of thioether (sulfide) groups is 1. The van der Waals surface area contributed by atoms with Crippen LogP contribution >= 0.6 is 11.8 Å². The number of carbonyl (C=O) groups excluding carboxylic acids is 1. The van der Waals surface area contributed by atoms with E-state index >= 15 is 0 Å². The summed E-state index contributed by atoms with van der Waals surface area (Å²) in [6.07, 6.45) is 0.981. The van der Waals surface area contributed by atoms with E-state index in [4.69, 9.17) is 0 Å². The molecular formula is C26H31N3OS. The molecular weight excluding hydrogens is 402 g/mol. The number of hydrogen-bond acceptors (Lipinski definition) is 4. The summed E-state index contributed by atoms with van der Waals surface area (Å²) in [7, 11) is 0. The molecule has 5 heteroatoms. The van der Waals surface area contributed by atoms with Crippen molar-refractivity contribution in [1.82, 2.24) is 9.80 Å². The van der Waals surface area contributed by atoms with Crippen molar-refractivity contribution in [2.24, 2.45) is 0 Å². The molecule has 0 saturated carbocycles. The number of likely N-dealkylation sites (N-methyl/N-ethyl adjacent to an activating group) is 1. The molecule has 0 N–H and O–H groups in total. The first-order valence-electron chi connectivity index (χ1n) is 11.1. The van der Waals surface area contributed by atoms with E-state index in [9.17, 15) is 10.1 Å². The fourth-order valence-electron chi connectivity index (χ4n) is 4.24. The van der Waals surface area contributed by atoms with Crippen molar-refractivity contribution in [3.8, 4) is 6.07 Å². The Hall–Kier alpha value is -2.55. The van der Waals surface area contributed by atoms with Crippen molar-refractivity contribution in [3.05, 3.63) is 82.4 Å². The second kappa shape index (κ2) is 10.7. The smallest absolute Gasteiger partial charge is 0.247 e. The molecule has 1 aliphatic rings. The zero-order valence-electron chi connectivity index (χ0n) is 18.7. The Morgan fingerprint density at radius 2 is 1.52 bits per heavy atom. The molecule has 0 atom stereocenters. The van der Waals surface area contributed by atoms with Crippen molar-refractivity contribution in [2.75, 3.05) is 31.9 Å². The van der Waals surface area contributed by atoms with Crippen molar-refractivity contribution >= 4 is 17.7 Å². The minimum atomic E-state index is -1.10. The average Bonchev–Trinajstić information content (AvgIpc) is 3.07. The van der Waals surface area contributed by atoms with Crippen molar-refractivity contribution < 1.29 is 4.79 Å². The third kappa shape index (κ3) is 4.28. The summed E-state index contributed by atoms with van der Waals surface area (Å²) < 4.78 is 0. The van der Waals surface area contributed by atoms with E-state index in [2.05, 4.69) is 31.7 Å². The quantitative estimate of drug-likeness (QED) is 0.527. The Bertz CT molecular complexity index is 906. The first kappa shape index (κ1) is 23.1. The third-order valence-corrected chi connectivity index (χ3v) is 7.21. The van der Waals surface area contributed by atoms with Gasteiger partial charge in [0.2, 0.25) is 5.91 Å². The fourth-order valence-corrected chi connectivity index (χ4v) is 5.31. The molecule has 4 nitrogen and oxygen atoms in total. The lowest BCUT2D eigenvalue weighted by atomic mass is 9.70. The summed E-state index contributed by atoms with van der Waals surface area (Å²) in [6.45, 7) is 9.64. The van der Waals surface area contributed by atoms with Crippen LogP contribution in [0.3, 0.4) is 0 Å². The Morgan fingerprint density at radius 1 is 0.968 bits per heavy atom. The second-order valence-electron chi connectivity index (χ2n) is 7.61. The van der Waals surface area contributed by atoms with Gasteiger partial charge < -0.3 is 9.80 Å². The molecule has 0 spiro atoms. The van der Waals surface area contributed by atoms with Crippen LogP contribution in [0.2, 0.25) is 0 Å². The SMILES string of the molecule is CCCSC1=C(C#N)C(c2ccccc2)(c2ccccc2)C(=O)N1CCN(CC)CC. The van der Waals surface area contributed by atoms with Gasteiger partial charge in [-0.3, -0.25) is 4.79 Å². The first-order valence-corrected chi connectivity index (χ1v) is 12.1. The zero-order valence-corrected chi connectivity index (χ0v) is 19.5. The number of benzene rings is 2. The highest BCUT2D eigenvalue weighted by Crippen LogP contribution is 2.50. The maximum Gasteiger partial charge on any atom is 0.247 e. The van der Waals surface area contributed by atoms with Crippen LogP contribution in [-0.2, 0) is 10.2 Å². The maximum absolute atomic E-state index is 14.3. The van der Waals surface area contributed by atoms with Crippen LogP contribution in [-0.4, -0.2) is 47.6 Å². The molecule has 3 rings (SSSR count). The Morgan fingerprint density at radius 3 is 1.97 bits per heavy atom. The van der Waals surface area contributed by atoms with Crippen LogP contribution in [0.5, 0.6) is 0 Å². The summed E-state index contributed by atoms with van der Waals surface area (Å²) >= 11 is 1.63. The summed E-state index contributed by atoms with van der Waals surface area (Å²) in [4.78, 5) is 18.4. The highest BCUT2D eigenvalue weighted by molar-refractivity contribution is 8.03. The molecule has 2 aromatic carbocycles. The van der Waals surface area contributed by atoms with Gasteiger partial charge in [0.1, 0.15) is 5.41 Å². The lowest BCUT2D eigenvalue weighted by Crippen LogP contribution is -2.44. The summed E-state index contributed by atoms with van der Waals surface area (Å²) in [6, 6.07) is 22.0. The largest absolute Gasteiger partial charge is 0.303 e. The van der Waals surface area contributed by atoms with Gasteiger partial charge in [-0.1, -0.05) is 81.4 Å². The van der Waals surface area contributed by atoms with Gasteiger partial charge >= 0.3 is 0 Å². The molecule has 0 aliphatic carbocycles. The van der Waals surface area contributed by atoms with Gasteiger partial charge in [-0.15, -0.1) is 11.8 Å². The number of hydrogen-bond donors (Lipinski definition) is 0. The number of carbonyl (C=O) groups is 1. The molecule has 0 saturated heterocycles. The van der Waals surface area contributed by atoms with Gasteiger partial charge in [0.05, 0.1) is 16.7 Å². The monoisotopic (exact) mass is 433 g/mol. The molecule has 162 valence electrons. The summed E-state index contributed by atoms with van der Waals surface area (Å²) in [5, 5.41) is 11.2. The lowest BCUT2D eigenvalue weighted by molar-refractivity contribution is -0.130. The van der Waals surface area contributed by atoms with Crippen molar-refractivity contribution in [3.63, 3.8) is 0 Å². The molecule has 0 radical (unpaired) electrons. The highest BCUT2D eigenvalue weighted by Gasteiger charge is 2.55. The summed E-state index contributed by atoms with van der Waals surface area (Å²) in [5.74, 6) is 0.849. The van der Waals surface area contributed by atoms with E-state index in [-0.39, 0.29) is 5.91 Å². The van der Waals surface area contributed by atoms with Gasteiger partial charge in [0.25, 0.3) is 0 Å². The Labute approximate surface area is 190 Å². The van der Waals surface area contributed by atoms with Crippen LogP contribution < -0.4 is 0 Å². The molecule has 1 amide bonds. The van der Waals surface area contributed by atoms with Gasteiger partial charge in [-0.05, 0) is 36.4 Å². The molecule has 1 heterocycles. The molecule has 0 aromatic heterocycles. The summed E-state index contributed by atoms with van der Waals surface area (Å²) in [5.41, 5.74) is 1.15. The van der Waals surface area contributed by atoms with Crippen LogP contribution in [0.25, 0.3) is 0 Å². The lowest BCUT2D eigenvalue weighted by Gasteiger charge is -2.31. The average molecular weight is 434 g/mol. The topological polar surface area (TPSA) is 47.3 Å². The number of amides is 1. The Balaban J connectivity index is 2.21. The second-order valence-corrected chi connectivity index (χ2v) is 8.69. The molecule has 31 heavy (non-hydrogen) atoms. The zero-order chi connectivity index (χ0) is 22.3. The van der Waals surface area contributed by atoms with E-state index in [1.54, 1.807) is 11.8 Å². The van der Waals surface area contributed by atoms with Crippen LogP contribution in [0.4, 0.5) is 0 Å². The molecule has 1 aliphatic heterocycles. The van der Waals surface area contributed by atoms with E-state index in [1.807, 2.05) is 65.6 Å². The predicted octanol–water partition coefficient (Wildman–Crippen LogP) is 5.04. The van der Waals surface area contributed by atoms with Crippen molar-refractivity contribution in [1.29, 1.82) is 5.26 Å². The van der Waals surface area contributed by atoms with E-state index in [0.29, 0.717) is 12.1 Å². The van der Waals surface area contributed by atoms with Crippen LogP contribution in [0, 0.1) is 11.3 Å². The normalized spacial score (nSPS) is 15.6. The van der Waals surface area contributed by atoms with Gasteiger partial charge in [0, 0.05) is 13.1 Å². The highest BCUT2D eigenvalue weighted by atomic mass is 32.2. The molecule has 0 bridgehead atoms. The Kier molecular flexibility index (Phi) is 7.95. The standard InChI is InChI=1S/C26H31N3OS/c1-4-19-31-24-23(20-27)26(21-13-9-7-10-14-21,22-15-11-8-12-16-22)25(30)29(24)18-17-28(5-2)6-3/h7-16H,4-6,17-19H2,1-3H3. The predicted molar refractivity (Wildman–Crippen MR) is 129 cm³/mol. The molecule has 2 aromatic rings. The first-order chi connectivity index (χ1) is 15.1. The minimum absolute atomic E-state index is 0.0211. The van der Waals surface area contributed by atoms with Gasteiger partial charge in [-0.25, -0.2) is 0 Å². The van der Waals surface area contributed by atoms with E-state index in [1.165, 1.54) is 0 Å². The van der Waals surface area contributed by atoms with Crippen LogP contribution in [0.1, 0.15) is 38.3 Å². The van der Waals surface area contributed by atoms with Gasteiger partial charge in [0.15, 0.2) is 0 Å². The maximum atomic E-state index is 14.3. The van der Waals surface area contributed by atoms with Crippen molar-refractivity contribution in [2.45, 2.75) is 32.6 Å². The van der Waals surface area contributed by atoms with Crippen LogP contribution in [0.15, 0.2) is 71.3 Å². The van der Waals surface area contributed by atoms with Gasteiger partial charge in [-0.2, -0.15) is 5.26 Å². The van der Waals surface area contributed by atoms with E-state index in [0.717, 1.165) is 48.0 Å². The number of nitrogens with zero attached hydrogens (tertiary/aromatic N) is 3. The third-order valence-electron chi connectivity index (χ3n) is 5.90. The van der Waals surface area contributed by atoms with E-state index < -0.39 is 5.41 Å². The molecule has 0 unspecified atom stereocenters. The molecule has 0 fully saturated rings. The minimum Gasteiger partial charge on any atom is -0.303 e.